The number of hydrogen-bond acceptors (Lipinski definition) is 4. The standard InChI is InChI=1S/C15H20N2OS/c1-4-10(2)11-5-6-14(18-3)12(7-11)13-9-19-15(8-16)17-13/h5-7,9-10H,4,8,16H2,1-3H3. The van der Waals surface area contributed by atoms with Gasteiger partial charge in [0.1, 0.15) is 10.8 Å². The molecule has 2 aromatic rings. The Bertz CT molecular complexity index is 551. The maximum absolute atomic E-state index is 5.63. The van der Waals surface area contributed by atoms with E-state index < -0.39 is 0 Å². The minimum Gasteiger partial charge on any atom is -0.496 e. The van der Waals surface area contributed by atoms with E-state index in [-0.39, 0.29) is 0 Å². The van der Waals surface area contributed by atoms with Gasteiger partial charge in [-0.2, -0.15) is 0 Å². The van der Waals surface area contributed by atoms with Gasteiger partial charge in [-0.25, -0.2) is 4.98 Å². The second-order valence-electron chi connectivity index (χ2n) is 4.60. The summed E-state index contributed by atoms with van der Waals surface area (Å²) in [5.41, 5.74) is 8.95. The maximum atomic E-state index is 5.63. The van der Waals surface area contributed by atoms with Crippen LogP contribution >= 0.6 is 11.3 Å². The maximum Gasteiger partial charge on any atom is 0.128 e. The van der Waals surface area contributed by atoms with E-state index in [0.29, 0.717) is 12.5 Å². The SMILES string of the molecule is CCC(C)c1ccc(OC)c(-c2csc(CN)n2)c1. The first-order chi connectivity index (χ1) is 9.19. The molecule has 4 heteroatoms. The highest BCUT2D eigenvalue weighted by Crippen LogP contribution is 2.34. The number of ether oxygens (including phenoxy) is 1. The molecule has 19 heavy (non-hydrogen) atoms. The Morgan fingerprint density at radius 3 is 2.79 bits per heavy atom. The first-order valence-corrected chi connectivity index (χ1v) is 7.40. The van der Waals surface area contributed by atoms with Crippen molar-refractivity contribution in [3.05, 3.63) is 34.2 Å². The average Bonchev–Trinajstić information content (AvgIpc) is 2.94. The zero-order chi connectivity index (χ0) is 13.8. The molecule has 0 radical (unpaired) electrons. The van der Waals surface area contributed by atoms with Crippen molar-refractivity contribution in [2.75, 3.05) is 7.11 Å². The molecular formula is C15H20N2OS. The number of thiazole rings is 1. The molecular weight excluding hydrogens is 256 g/mol. The van der Waals surface area contributed by atoms with Crippen LogP contribution in [0, 0.1) is 0 Å². The fourth-order valence-corrected chi connectivity index (χ4v) is 2.67. The molecule has 0 saturated carbocycles. The van der Waals surface area contributed by atoms with E-state index in [9.17, 15) is 0 Å². The summed E-state index contributed by atoms with van der Waals surface area (Å²) in [5.74, 6) is 1.40. The van der Waals surface area contributed by atoms with Crippen LogP contribution in [0.4, 0.5) is 0 Å². The highest BCUT2D eigenvalue weighted by atomic mass is 32.1. The highest BCUT2D eigenvalue weighted by molar-refractivity contribution is 7.09. The van der Waals surface area contributed by atoms with E-state index in [1.807, 2.05) is 11.4 Å². The topological polar surface area (TPSA) is 48.1 Å². The monoisotopic (exact) mass is 276 g/mol. The molecule has 1 aromatic carbocycles. The average molecular weight is 276 g/mol. The Labute approximate surface area is 118 Å². The summed E-state index contributed by atoms with van der Waals surface area (Å²) in [5, 5.41) is 2.99. The molecule has 1 atom stereocenters. The Hall–Kier alpha value is -1.39. The fourth-order valence-electron chi connectivity index (χ4n) is 2.00. The van der Waals surface area contributed by atoms with Crippen LogP contribution in [-0.2, 0) is 6.54 Å². The number of methoxy groups -OCH3 is 1. The van der Waals surface area contributed by atoms with Crippen molar-refractivity contribution >= 4 is 11.3 Å². The van der Waals surface area contributed by atoms with Gasteiger partial charge in [0, 0.05) is 17.5 Å². The van der Waals surface area contributed by atoms with Crippen LogP contribution < -0.4 is 10.5 Å². The molecule has 0 aliphatic rings. The molecule has 1 heterocycles. The van der Waals surface area contributed by atoms with Crippen LogP contribution in [0.5, 0.6) is 5.75 Å². The van der Waals surface area contributed by atoms with Gasteiger partial charge in [0.25, 0.3) is 0 Å². The minimum atomic E-state index is 0.484. The molecule has 0 spiro atoms. The van der Waals surface area contributed by atoms with Crippen molar-refractivity contribution in [2.24, 2.45) is 5.73 Å². The molecule has 3 nitrogen and oxygen atoms in total. The lowest BCUT2D eigenvalue weighted by Crippen LogP contribution is -1.97. The molecule has 102 valence electrons. The first-order valence-electron chi connectivity index (χ1n) is 6.52. The van der Waals surface area contributed by atoms with Gasteiger partial charge in [-0.15, -0.1) is 11.3 Å². The van der Waals surface area contributed by atoms with Gasteiger partial charge in [0.05, 0.1) is 12.8 Å². The Kier molecular flexibility index (Phi) is 4.56. The van der Waals surface area contributed by atoms with E-state index >= 15 is 0 Å². The quantitative estimate of drug-likeness (QED) is 0.903. The van der Waals surface area contributed by atoms with Gasteiger partial charge >= 0.3 is 0 Å². The van der Waals surface area contributed by atoms with E-state index in [1.165, 1.54) is 5.56 Å². The Balaban J connectivity index is 2.46. The summed E-state index contributed by atoms with van der Waals surface area (Å²) in [7, 11) is 1.69. The molecule has 0 aliphatic heterocycles. The first kappa shape index (κ1) is 14.0. The van der Waals surface area contributed by atoms with Crippen molar-refractivity contribution in [1.82, 2.24) is 4.98 Å². The summed E-state index contributed by atoms with van der Waals surface area (Å²) in [6.45, 7) is 4.92. The van der Waals surface area contributed by atoms with E-state index in [4.69, 9.17) is 10.5 Å². The molecule has 0 bridgehead atoms. The Morgan fingerprint density at radius 1 is 1.42 bits per heavy atom. The van der Waals surface area contributed by atoms with Crippen molar-refractivity contribution in [3.8, 4) is 17.0 Å². The number of rotatable bonds is 5. The van der Waals surface area contributed by atoms with Gasteiger partial charge in [0.15, 0.2) is 0 Å². The summed E-state index contributed by atoms with van der Waals surface area (Å²) in [6, 6.07) is 6.34. The molecule has 2 N–H and O–H groups in total. The zero-order valence-corrected chi connectivity index (χ0v) is 12.5. The largest absolute Gasteiger partial charge is 0.496 e. The van der Waals surface area contributed by atoms with Crippen molar-refractivity contribution in [2.45, 2.75) is 32.7 Å². The van der Waals surface area contributed by atoms with Crippen molar-refractivity contribution < 1.29 is 4.74 Å². The molecule has 0 saturated heterocycles. The van der Waals surface area contributed by atoms with Gasteiger partial charge in [0.2, 0.25) is 0 Å². The van der Waals surface area contributed by atoms with Gasteiger partial charge < -0.3 is 10.5 Å². The summed E-state index contributed by atoms with van der Waals surface area (Å²) in [4.78, 5) is 4.55. The molecule has 0 fully saturated rings. The molecule has 1 unspecified atom stereocenters. The van der Waals surface area contributed by atoms with Crippen LogP contribution in [-0.4, -0.2) is 12.1 Å². The third-order valence-corrected chi connectivity index (χ3v) is 4.28. The predicted molar refractivity (Wildman–Crippen MR) is 80.7 cm³/mol. The third-order valence-electron chi connectivity index (χ3n) is 3.41. The van der Waals surface area contributed by atoms with Crippen LogP contribution in [0.3, 0.4) is 0 Å². The smallest absolute Gasteiger partial charge is 0.128 e. The molecule has 0 aliphatic carbocycles. The lowest BCUT2D eigenvalue weighted by atomic mass is 9.96. The predicted octanol–water partition coefficient (Wildman–Crippen LogP) is 3.79. The molecule has 1 aromatic heterocycles. The van der Waals surface area contributed by atoms with Crippen LogP contribution in [0.1, 0.15) is 36.8 Å². The van der Waals surface area contributed by atoms with Crippen molar-refractivity contribution in [3.63, 3.8) is 0 Å². The van der Waals surface area contributed by atoms with Crippen LogP contribution in [0.2, 0.25) is 0 Å². The second-order valence-corrected chi connectivity index (χ2v) is 5.54. The van der Waals surface area contributed by atoms with Gasteiger partial charge in [-0.1, -0.05) is 19.9 Å². The van der Waals surface area contributed by atoms with Crippen molar-refractivity contribution in [1.29, 1.82) is 0 Å². The summed E-state index contributed by atoms with van der Waals surface area (Å²) in [6.07, 6.45) is 1.12. The second kappa shape index (κ2) is 6.17. The number of nitrogens with zero attached hydrogens (tertiary/aromatic N) is 1. The van der Waals surface area contributed by atoms with Crippen LogP contribution in [0.15, 0.2) is 23.6 Å². The fraction of sp³-hybridized carbons (Fsp3) is 0.400. The van der Waals surface area contributed by atoms with E-state index in [0.717, 1.165) is 28.4 Å². The summed E-state index contributed by atoms with van der Waals surface area (Å²) < 4.78 is 5.44. The molecule has 0 amide bonds. The normalized spacial score (nSPS) is 12.4. The van der Waals surface area contributed by atoms with Crippen LogP contribution in [0.25, 0.3) is 11.3 Å². The third kappa shape index (κ3) is 2.96. The van der Waals surface area contributed by atoms with Gasteiger partial charge in [-0.3, -0.25) is 0 Å². The molecule has 2 rings (SSSR count). The van der Waals surface area contributed by atoms with Gasteiger partial charge in [-0.05, 0) is 30.0 Å². The lowest BCUT2D eigenvalue weighted by Gasteiger charge is -2.13. The zero-order valence-electron chi connectivity index (χ0n) is 11.6. The highest BCUT2D eigenvalue weighted by Gasteiger charge is 2.12. The number of benzene rings is 1. The minimum absolute atomic E-state index is 0.484. The number of nitrogens with two attached hydrogens (primary N) is 1. The van der Waals surface area contributed by atoms with E-state index in [1.54, 1.807) is 18.4 Å². The Morgan fingerprint density at radius 2 is 2.21 bits per heavy atom. The van der Waals surface area contributed by atoms with E-state index in [2.05, 4.69) is 31.0 Å². The summed E-state index contributed by atoms with van der Waals surface area (Å²) >= 11 is 1.59. The number of hydrogen-bond donors (Lipinski definition) is 1. The lowest BCUT2D eigenvalue weighted by molar-refractivity contribution is 0.416. The number of aromatic nitrogens is 1.